The summed E-state index contributed by atoms with van der Waals surface area (Å²) in [5, 5.41) is 9.76. The molecule has 1 heterocycles. The summed E-state index contributed by atoms with van der Waals surface area (Å²) in [5.74, 6) is 0. The van der Waals surface area contributed by atoms with E-state index in [9.17, 15) is 22.8 Å². The Bertz CT molecular complexity index is 1140. The Morgan fingerprint density at radius 1 is 1.16 bits per heavy atom. The van der Waals surface area contributed by atoms with Crippen molar-refractivity contribution in [2.75, 3.05) is 18.7 Å². The molecule has 2 aromatic rings. The third-order valence-electron chi connectivity index (χ3n) is 4.07. The van der Waals surface area contributed by atoms with Gasteiger partial charge in [-0.2, -0.15) is 5.10 Å². The van der Waals surface area contributed by atoms with E-state index in [0.29, 0.717) is 11.3 Å². The molecule has 1 aromatic carbocycles. The lowest BCUT2D eigenvalue weighted by Gasteiger charge is -2.22. The number of benzene rings is 1. The van der Waals surface area contributed by atoms with E-state index < -0.39 is 38.6 Å². The highest BCUT2D eigenvalue weighted by atomic mass is 32.2. The highest BCUT2D eigenvalue weighted by Gasteiger charge is 2.27. The largest absolute Gasteiger partial charge is 0.453 e. The summed E-state index contributed by atoms with van der Waals surface area (Å²) in [6.07, 6.45) is -0.726. The molecule has 0 aliphatic heterocycles. The molecule has 0 aliphatic carbocycles. The van der Waals surface area contributed by atoms with Crippen molar-refractivity contribution in [1.82, 2.24) is 15.5 Å². The smallest absolute Gasteiger partial charge is 0.411 e. The minimum atomic E-state index is -3.72. The summed E-state index contributed by atoms with van der Waals surface area (Å²) in [6, 6.07) is 7.81. The van der Waals surface area contributed by atoms with E-state index >= 15 is 0 Å². The van der Waals surface area contributed by atoms with Crippen molar-refractivity contribution in [3.8, 4) is 11.1 Å². The van der Waals surface area contributed by atoms with Crippen LogP contribution in [0.3, 0.4) is 0 Å². The SMILES string of the molecule is COC(=O)Nc1ccc(-c2cc(CC(NC(=O)OC(C)(C)C)S(C)(=O)=O)n[nH]c2=O)cc1. The van der Waals surface area contributed by atoms with Crippen molar-refractivity contribution in [3.63, 3.8) is 0 Å². The van der Waals surface area contributed by atoms with E-state index in [4.69, 9.17) is 4.74 Å². The number of aromatic amines is 1. The number of aromatic nitrogens is 2. The van der Waals surface area contributed by atoms with Crippen LogP contribution in [-0.4, -0.2) is 55.1 Å². The highest BCUT2D eigenvalue weighted by molar-refractivity contribution is 7.91. The Labute approximate surface area is 185 Å². The molecule has 0 aliphatic rings. The Kier molecular flexibility index (Phi) is 7.62. The number of anilines is 1. The van der Waals surface area contributed by atoms with E-state index in [1.807, 2.05) is 0 Å². The van der Waals surface area contributed by atoms with Gasteiger partial charge in [0.2, 0.25) is 0 Å². The monoisotopic (exact) mass is 466 g/mol. The van der Waals surface area contributed by atoms with Crippen LogP contribution in [-0.2, 0) is 25.7 Å². The minimum absolute atomic E-state index is 0.191. The van der Waals surface area contributed by atoms with E-state index in [1.54, 1.807) is 45.0 Å². The van der Waals surface area contributed by atoms with Crippen LogP contribution < -0.4 is 16.2 Å². The average molecular weight is 467 g/mol. The van der Waals surface area contributed by atoms with Gasteiger partial charge in [-0.1, -0.05) is 12.1 Å². The molecule has 0 spiro atoms. The number of H-pyrrole nitrogens is 1. The summed E-state index contributed by atoms with van der Waals surface area (Å²) in [5.41, 5.74) is 0.168. The molecule has 3 N–H and O–H groups in total. The highest BCUT2D eigenvalue weighted by Crippen LogP contribution is 2.20. The number of hydrogen-bond donors (Lipinski definition) is 3. The van der Waals surface area contributed by atoms with Crippen LogP contribution >= 0.6 is 0 Å². The number of methoxy groups -OCH3 is 1. The number of amides is 2. The molecule has 0 fully saturated rings. The summed E-state index contributed by atoms with van der Waals surface area (Å²) < 4.78 is 34.0. The number of carbonyl (C=O) groups is 2. The second-order valence-electron chi connectivity index (χ2n) is 7.96. The van der Waals surface area contributed by atoms with E-state index in [0.717, 1.165) is 6.26 Å². The van der Waals surface area contributed by atoms with Gasteiger partial charge >= 0.3 is 12.2 Å². The Morgan fingerprint density at radius 2 is 1.78 bits per heavy atom. The molecule has 0 bridgehead atoms. The quantitative estimate of drug-likeness (QED) is 0.584. The zero-order chi connectivity index (χ0) is 24.1. The van der Waals surface area contributed by atoms with Crippen LogP contribution in [0.25, 0.3) is 11.1 Å². The van der Waals surface area contributed by atoms with Crippen LogP contribution in [0, 0.1) is 0 Å². The second kappa shape index (κ2) is 9.81. The molecule has 32 heavy (non-hydrogen) atoms. The standard InChI is InChI=1S/C20H26N4O7S/c1-20(2,3)31-19(27)22-16(32(5,28)29)11-14-10-15(17(25)24-23-14)12-6-8-13(9-7-12)21-18(26)30-4/h6-10,16H,11H2,1-5H3,(H,21,26)(H,22,27)(H,24,25). The first-order valence-corrected chi connectivity index (χ1v) is 11.5. The maximum atomic E-state index is 12.3. The van der Waals surface area contributed by atoms with Gasteiger partial charge in [0, 0.05) is 18.4 Å². The molecular weight excluding hydrogens is 440 g/mol. The van der Waals surface area contributed by atoms with Gasteiger partial charge in [0.05, 0.1) is 18.4 Å². The number of rotatable bonds is 6. The average Bonchev–Trinajstić information content (AvgIpc) is 2.67. The van der Waals surface area contributed by atoms with Crippen molar-refractivity contribution in [2.45, 2.75) is 38.2 Å². The number of nitrogens with one attached hydrogen (secondary N) is 3. The molecule has 174 valence electrons. The number of sulfone groups is 1. The second-order valence-corrected chi connectivity index (χ2v) is 10.2. The van der Waals surface area contributed by atoms with Gasteiger partial charge in [0.25, 0.3) is 5.56 Å². The number of hydrogen-bond acceptors (Lipinski definition) is 8. The molecule has 1 aromatic heterocycles. The van der Waals surface area contributed by atoms with Crippen molar-refractivity contribution >= 4 is 27.7 Å². The molecule has 2 rings (SSSR count). The zero-order valence-corrected chi connectivity index (χ0v) is 19.2. The molecule has 2 amide bonds. The van der Waals surface area contributed by atoms with Gasteiger partial charge in [0.15, 0.2) is 9.84 Å². The van der Waals surface area contributed by atoms with Crippen molar-refractivity contribution in [1.29, 1.82) is 0 Å². The normalized spacial score (nSPS) is 12.5. The number of ether oxygens (including phenoxy) is 2. The molecule has 0 radical (unpaired) electrons. The topological polar surface area (TPSA) is 157 Å². The lowest BCUT2D eigenvalue weighted by atomic mass is 10.1. The first-order chi connectivity index (χ1) is 14.8. The van der Waals surface area contributed by atoms with Crippen LogP contribution in [0.15, 0.2) is 35.1 Å². The molecule has 1 unspecified atom stereocenters. The number of carbonyl (C=O) groups excluding carboxylic acids is 2. The Morgan fingerprint density at radius 3 is 2.31 bits per heavy atom. The van der Waals surface area contributed by atoms with Crippen LogP contribution in [0.5, 0.6) is 0 Å². The minimum Gasteiger partial charge on any atom is -0.453 e. The van der Waals surface area contributed by atoms with Gasteiger partial charge in [-0.15, -0.1) is 0 Å². The fourth-order valence-corrected chi connectivity index (χ4v) is 3.39. The number of nitrogens with zero attached hydrogens (tertiary/aromatic N) is 1. The van der Waals surface area contributed by atoms with Crippen LogP contribution in [0.2, 0.25) is 0 Å². The fraction of sp³-hybridized carbons (Fsp3) is 0.400. The van der Waals surface area contributed by atoms with Gasteiger partial charge in [0.1, 0.15) is 11.0 Å². The van der Waals surface area contributed by atoms with Crippen LogP contribution in [0.1, 0.15) is 26.5 Å². The van der Waals surface area contributed by atoms with E-state index in [2.05, 4.69) is 25.6 Å². The van der Waals surface area contributed by atoms with Gasteiger partial charge in [-0.25, -0.2) is 23.1 Å². The van der Waals surface area contributed by atoms with Gasteiger partial charge < -0.3 is 14.8 Å². The van der Waals surface area contributed by atoms with E-state index in [1.165, 1.54) is 13.2 Å². The van der Waals surface area contributed by atoms with Crippen molar-refractivity contribution < 1.29 is 27.5 Å². The molecule has 1 atom stereocenters. The summed E-state index contributed by atoms with van der Waals surface area (Å²) in [4.78, 5) is 35.6. The third kappa shape index (κ3) is 7.38. The molecule has 0 saturated carbocycles. The first-order valence-electron chi connectivity index (χ1n) is 9.51. The summed E-state index contributed by atoms with van der Waals surface area (Å²) >= 11 is 0. The predicted octanol–water partition coefficient (Wildman–Crippen LogP) is 2.05. The lowest BCUT2D eigenvalue weighted by molar-refractivity contribution is 0.0519. The number of alkyl carbamates (subject to hydrolysis) is 1. The maximum Gasteiger partial charge on any atom is 0.411 e. The lowest BCUT2D eigenvalue weighted by Crippen LogP contribution is -2.44. The molecule has 11 nitrogen and oxygen atoms in total. The molecule has 0 saturated heterocycles. The Balaban J connectivity index is 2.27. The molecular formula is C20H26N4O7S. The summed E-state index contributed by atoms with van der Waals surface area (Å²) in [6.45, 7) is 4.97. The van der Waals surface area contributed by atoms with E-state index in [-0.39, 0.29) is 17.7 Å². The van der Waals surface area contributed by atoms with Gasteiger partial charge in [-0.05, 0) is 44.5 Å². The van der Waals surface area contributed by atoms with Gasteiger partial charge in [-0.3, -0.25) is 10.1 Å². The maximum absolute atomic E-state index is 12.3. The molecule has 12 heteroatoms. The van der Waals surface area contributed by atoms with Crippen LogP contribution in [0.4, 0.5) is 15.3 Å². The van der Waals surface area contributed by atoms with Crippen molar-refractivity contribution in [3.05, 3.63) is 46.4 Å². The Hall–Kier alpha value is -3.41. The zero-order valence-electron chi connectivity index (χ0n) is 18.4. The fourth-order valence-electron chi connectivity index (χ4n) is 2.61. The first kappa shape index (κ1) is 24.9. The third-order valence-corrected chi connectivity index (χ3v) is 5.39. The van der Waals surface area contributed by atoms with Crippen molar-refractivity contribution in [2.24, 2.45) is 0 Å². The predicted molar refractivity (Wildman–Crippen MR) is 118 cm³/mol. The summed E-state index contributed by atoms with van der Waals surface area (Å²) in [7, 11) is -2.48.